The highest BCUT2D eigenvalue weighted by Gasteiger charge is 2.11. The van der Waals surface area contributed by atoms with Crippen LogP contribution in [-0.2, 0) is 9.53 Å². The number of ether oxygens (including phenoxy) is 2. The molecule has 1 N–H and O–H groups in total. The van der Waals surface area contributed by atoms with Crippen LogP contribution in [0.15, 0.2) is 42.5 Å². The molecule has 2 aromatic carbocycles. The van der Waals surface area contributed by atoms with Crippen LogP contribution in [0.3, 0.4) is 0 Å². The SMILES string of the molecule is Cc1cc(Cl)ccc1NC(=O)COC(=O)c1ccc(OCC(C)C)cc1. The summed E-state index contributed by atoms with van der Waals surface area (Å²) in [4.78, 5) is 24.0. The van der Waals surface area contributed by atoms with Gasteiger partial charge in [-0.25, -0.2) is 4.79 Å². The van der Waals surface area contributed by atoms with Crippen molar-refractivity contribution in [3.05, 3.63) is 58.6 Å². The van der Waals surface area contributed by atoms with Crippen molar-refractivity contribution < 1.29 is 19.1 Å². The normalized spacial score (nSPS) is 10.5. The second-order valence-electron chi connectivity index (χ2n) is 6.31. The summed E-state index contributed by atoms with van der Waals surface area (Å²) < 4.78 is 10.6. The van der Waals surface area contributed by atoms with Crippen molar-refractivity contribution in [3.8, 4) is 5.75 Å². The Balaban J connectivity index is 1.84. The van der Waals surface area contributed by atoms with Gasteiger partial charge in [-0.05, 0) is 60.9 Å². The average Bonchev–Trinajstić information content (AvgIpc) is 2.60. The minimum atomic E-state index is -0.566. The predicted octanol–water partition coefficient (Wildman–Crippen LogP) is 4.48. The van der Waals surface area contributed by atoms with Crippen LogP contribution in [-0.4, -0.2) is 25.1 Å². The third-order valence-electron chi connectivity index (χ3n) is 3.47. The third kappa shape index (κ3) is 6.08. The topological polar surface area (TPSA) is 64.6 Å². The van der Waals surface area contributed by atoms with Gasteiger partial charge in [0.1, 0.15) is 5.75 Å². The number of carbonyl (C=O) groups is 2. The lowest BCUT2D eigenvalue weighted by atomic mass is 10.2. The molecule has 1 amide bonds. The first-order chi connectivity index (χ1) is 12.3. The van der Waals surface area contributed by atoms with Gasteiger partial charge in [0.25, 0.3) is 5.91 Å². The van der Waals surface area contributed by atoms with Crippen molar-refractivity contribution in [1.29, 1.82) is 0 Å². The monoisotopic (exact) mass is 375 g/mol. The number of hydrogen-bond acceptors (Lipinski definition) is 4. The van der Waals surface area contributed by atoms with Gasteiger partial charge in [0.15, 0.2) is 6.61 Å². The summed E-state index contributed by atoms with van der Waals surface area (Å²) in [5.74, 6) is 0.123. The minimum Gasteiger partial charge on any atom is -0.493 e. The van der Waals surface area contributed by atoms with Gasteiger partial charge in [-0.2, -0.15) is 0 Å². The highest BCUT2D eigenvalue weighted by atomic mass is 35.5. The van der Waals surface area contributed by atoms with Gasteiger partial charge in [0, 0.05) is 10.7 Å². The zero-order valence-electron chi connectivity index (χ0n) is 15.0. The van der Waals surface area contributed by atoms with Crippen LogP contribution in [0.4, 0.5) is 5.69 Å². The average molecular weight is 376 g/mol. The van der Waals surface area contributed by atoms with Gasteiger partial charge in [0.05, 0.1) is 12.2 Å². The number of rotatable bonds is 7. The highest BCUT2D eigenvalue weighted by Crippen LogP contribution is 2.19. The van der Waals surface area contributed by atoms with Crippen molar-refractivity contribution in [2.24, 2.45) is 5.92 Å². The molecule has 6 heteroatoms. The van der Waals surface area contributed by atoms with Crippen molar-refractivity contribution in [2.45, 2.75) is 20.8 Å². The maximum absolute atomic E-state index is 12.0. The number of nitrogens with one attached hydrogen (secondary N) is 1. The fraction of sp³-hybridized carbons (Fsp3) is 0.300. The zero-order chi connectivity index (χ0) is 19.1. The molecule has 0 aliphatic carbocycles. The third-order valence-corrected chi connectivity index (χ3v) is 3.71. The highest BCUT2D eigenvalue weighted by molar-refractivity contribution is 6.30. The molecule has 0 saturated heterocycles. The van der Waals surface area contributed by atoms with E-state index in [1.807, 2.05) is 6.92 Å². The predicted molar refractivity (Wildman–Crippen MR) is 102 cm³/mol. The summed E-state index contributed by atoms with van der Waals surface area (Å²) >= 11 is 5.88. The number of amides is 1. The van der Waals surface area contributed by atoms with E-state index in [0.29, 0.717) is 34.5 Å². The molecule has 0 aliphatic rings. The Labute approximate surface area is 158 Å². The summed E-state index contributed by atoms with van der Waals surface area (Å²) in [5.41, 5.74) is 1.81. The molecule has 2 rings (SSSR count). The number of carbonyl (C=O) groups excluding carboxylic acids is 2. The summed E-state index contributed by atoms with van der Waals surface area (Å²) in [7, 11) is 0. The number of benzene rings is 2. The van der Waals surface area contributed by atoms with Crippen molar-refractivity contribution >= 4 is 29.2 Å². The van der Waals surface area contributed by atoms with E-state index >= 15 is 0 Å². The molecule has 5 nitrogen and oxygen atoms in total. The molecular weight excluding hydrogens is 354 g/mol. The number of esters is 1. The van der Waals surface area contributed by atoms with Gasteiger partial charge >= 0.3 is 5.97 Å². The number of hydrogen-bond donors (Lipinski definition) is 1. The van der Waals surface area contributed by atoms with E-state index < -0.39 is 11.9 Å². The number of aryl methyl sites for hydroxylation is 1. The van der Waals surface area contributed by atoms with Crippen LogP contribution < -0.4 is 10.1 Å². The van der Waals surface area contributed by atoms with E-state index in [2.05, 4.69) is 19.2 Å². The fourth-order valence-corrected chi connectivity index (χ4v) is 2.34. The molecule has 0 spiro atoms. The first-order valence-corrected chi connectivity index (χ1v) is 8.69. The quantitative estimate of drug-likeness (QED) is 0.725. The van der Waals surface area contributed by atoms with Gasteiger partial charge < -0.3 is 14.8 Å². The first kappa shape index (κ1) is 19.8. The van der Waals surface area contributed by atoms with Crippen LogP contribution in [0.5, 0.6) is 5.75 Å². The van der Waals surface area contributed by atoms with Crippen LogP contribution >= 0.6 is 11.6 Å². The Morgan fingerprint density at radius 2 is 1.81 bits per heavy atom. The Bertz CT molecular complexity index is 772. The Hall–Kier alpha value is -2.53. The Morgan fingerprint density at radius 3 is 2.42 bits per heavy atom. The summed E-state index contributed by atoms with van der Waals surface area (Å²) in [6.45, 7) is 6.18. The smallest absolute Gasteiger partial charge is 0.338 e. The van der Waals surface area contributed by atoms with Crippen LogP contribution in [0.25, 0.3) is 0 Å². The van der Waals surface area contributed by atoms with E-state index in [1.165, 1.54) is 0 Å². The molecule has 0 aliphatic heterocycles. The van der Waals surface area contributed by atoms with E-state index in [9.17, 15) is 9.59 Å². The van der Waals surface area contributed by atoms with Crippen molar-refractivity contribution in [1.82, 2.24) is 0 Å². The number of anilines is 1. The van der Waals surface area contributed by atoms with E-state index in [4.69, 9.17) is 21.1 Å². The Kier molecular flexibility index (Phi) is 7.04. The second kappa shape index (κ2) is 9.25. The molecule has 0 aromatic heterocycles. The van der Waals surface area contributed by atoms with Crippen molar-refractivity contribution in [3.63, 3.8) is 0 Å². The van der Waals surface area contributed by atoms with E-state index in [-0.39, 0.29) is 6.61 Å². The molecule has 26 heavy (non-hydrogen) atoms. The maximum Gasteiger partial charge on any atom is 0.338 e. The molecule has 0 bridgehead atoms. The summed E-state index contributed by atoms with van der Waals surface area (Å²) in [6, 6.07) is 11.8. The van der Waals surface area contributed by atoms with E-state index in [0.717, 1.165) is 5.56 Å². The largest absolute Gasteiger partial charge is 0.493 e. The summed E-state index contributed by atoms with van der Waals surface area (Å²) in [6.07, 6.45) is 0. The molecule has 0 saturated carbocycles. The Morgan fingerprint density at radius 1 is 1.12 bits per heavy atom. The zero-order valence-corrected chi connectivity index (χ0v) is 15.8. The first-order valence-electron chi connectivity index (χ1n) is 8.31. The lowest BCUT2D eigenvalue weighted by Crippen LogP contribution is -2.21. The maximum atomic E-state index is 12.0. The van der Waals surface area contributed by atoms with E-state index in [1.54, 1.807) is 42.5 Å². The van der Waals surface area contributed by atoms with Gasteiger partial charge in [-0.3, -0.25) is 4.79 Å². The molecule has 0 atom stereocenters. The minimum absolute atomic E-state index is 0.359. The summed E-state index contributed by atoms with van der Waals surface area (Å²) in [5, 5.41) is 3.28. The van der Waals surface area contributed by atoms with Crippen LogP contribution in [0.1, 0.15) is 29.8 Å². The molecular formula is C20H22ClNO4. The van der Waals surface area contributed by atoms with Gasteiger partial charge in [-0.1, -0.05) is 25.4 Å². The van der Waals surface area contributed by atoms with Crippen LogP contribution in [0, 0.1) is 12.8 Å². The molecule has 0 fully saturated rings. The second-order valence-corrected chi connectivity index (χ2v) is 6.75. The lowest BCUT2D eigenvalue weighted by molar-refractivity contribution is -0.119. The standard InChI is InChI=1S/C20H22ClNO4/c1-13(2)11-25-17-7-4-15(5-8-17)20(24)26-12-19(23)22-18-9-6-16(21)10-14(18)3/h4-10,13H,11-12H2,1-3H3,(H,22,23). The van der Waals surface area contributed by atoms with Crippen molar-refractivity contribution in [2.75, 3.05) is 18.5 Å². The molecule has 0 heterocycles. The molecule has 0 radical (unpaired) electrons. The number of halogens is 1. The molecule has 138 valence electrons. The van der Waals surface area contributed by atoms with Gasteiger partial charge in [-0.15, -0.1) is 0 Å². The lowest BCUT2D eigenvalue weighted by Gasteiger charge is -2.10. The molecule has 2 aromatic rings. The molecule has 0 unspecified atom stereocenters. The van der Waals surface area contributed by atoms with Gasteiger partial charge in [0.2, 0.25) is 0 Å². The fourth-order valence-electron chi connectivity index (χ4n) is 2.12. The van der Waals surface area contributed by atoms with Crippen LogP contribution in [0.2, 0.25) is 5.02 Å².